The maximum atomic E-state index is 5.40. The molecule has 0 N–H and O–H groups in total. The third kappa shape index (κ3) is 6.22. The first-order valence-corrected chi connectivity index (χ1v) is 18.0. The molecule has 0 aliphatic heterocycles. The lowest BCUT2D eigenvalue weighted by Gasteiger charge is -2.14. The molecule has 0 aliphatic rings. The van der Waals surface area contributed by atoms with E-state index in [0.717, 1.165) is 28.1 Å². The summed E-state index contributed by atoms with van der Waals surface area (Å²) >= 11 is 0. The summed E-state index contributed by atoms with van der Waals surface area (Å²) in [5, 5.41) is 1.21. The molecule has 0 aliphatic carbocycles. The summed E-state index contributed by atoms with van der Waals surface area (Å²) in [5.41, 5.74) is 16.5. The number of benzene rings is 8. The van der Waals surface area contributed by atoms with Crippen molar-refractivity contribution in [2.75, 3.05) is 7.11 Å². The van der Waals surface area contributed by atoms with Crippen LogP contribution in [0.3, 0.4) is 0 Å². The van der Waals surface area contributed by atoms with E-state index in [9.17, 15) is 0 Å². The molecule has 0 unspecified atom stereocenters. The highest BCUT2D eigenvalue weighted by Gasteiger charge is 2.22. The van der Waals surface area contributed by atoms with E-state index in [1.165, 1.54) is 61.2 Å². The predicted molar refractivity (Wildman–Crippen MR) is 222 cm³/mol. The van der Waals surface area contributed by atoms with Crippen LogP contribution in [0.1, 0.15) is 0 Å². The van der Waals surface area contributed by atoms with Crippen molar-refractivity contribution in [3.8, 4) is 78.3 Å². The van der Waals surface area contributed by atoms with Gasteiger partial charge in [0.05, 0.1) is 18.3 Å². The summed E-state index contributed by atoms with van der Waals surface area (Å²) in [4.78, 5) is 0. The summed E-state index contributed by atoms with van der Waals surface area (Å²) in [5.74, 6) is 0.854. The van der Waals surface area contributed by atoms with Gasteiger partial charge in [-0.1, -0.05) is 170 Å². The molecule has 0 atom stereocenters. The number of hydrogen-bond donors (Lipinski definition) is 0. The third-order valence-corrected chi connectivity index (χ3v) is 10.2. The van der Waals surface area contributed by atoms with Gasteiger partial charge in [-0.05, 0) is 92.0 Å². The molecule has 2 nitrogen and oxygen atoms in total. The van der Waals surface area contributed by atoms with Crippen molar-refractivity contribution in [3.05, 3.63) is 206 Å². The molecule has 0 bridgehead atoms. The second-order valence-corrected chi connectivity index (χ2v) is 13.3. The molecule has 0 amide bonds. The van der Waals surface area contributed by atoms with Crippen molar-refractivity contribution in [2.24, 2.45) is 0 Å². The molecule has 0 saturated carbocycles. The number of hydrogen-bond acceptors (Lipinski definition) is 1. The van der Waals surface area contributed by atoms with Gasteiger partial charge < -0.3 is 9.30 Å². The molecule has 0 fully saturated rings. The fraction of sp³-hybridized carbons (Fsp3) is 0.0196. The maximum Gasteiger partial charge on any atom is 0.118 e. The lowest BCUT2D eigenvalue weighted by molar-refractivity contribution is 0.415. The zero-order valence-electron chi connectivity index (χ0n) is 29.5. The lowest BCUT2D eigenvalue weighted by atomic mass is 9.94. The normalized spacial score (nSPS) is 11.1. The molecule has 53 heavy (non-hydrogen) atoms. The van der Waals surface area contributed by atoms with Crippen molar-refractivity contribution in [2.45, 2.75) is 0 Å². The highest BCUT2D eigenvalue weighted by Crippen LogP contribution is 2.45. The Bertz CT molecular complexity index is 2620. The standard InChI is InChI=1S/C51H37NO/c1-53-47-32-27-41(28-33-47)40-25-30-46(31-26-40)52-49-34-29-45(42-19-17-38(18-20-42)36-11-5-2-6-12-36)35-48(49)50(51(52)44-15-9-4-10-16-44)43-23-21-39(22-24-43)37-13-7-3-8-14-37/h2-35H,1H3. The number of fused-ring (bicyclic) bond motifs is 1. The molecule has 0 saturated heterocycles. The monoisotopic (exact) mass is 679 g/mol. The number of rotatable bonds is 8. The minimum atomic E-state index is 0.854. The molecule has 1 heterocycles. The quantitative estimate of drug-likeness (QED) is 0.156. The largest absolute Gasteiger partial charge is 0.497 e. The predicted octanol–water partition coefficient (Wildman–Crippen LogP) is 13.6. The second-order valence-electron chi connectivity index (χ2n) is 13.3. The van der Waals surface area contributed by atoms with Gasteiger partial charge >= 0.3 is 0 Å². The molecule has 8 aromatic carbocycles. The number of methoxy groups -OCH3 is 1. The van der Waals surface area contributed by atoms with Crippen LogP contribution in [-0.4, -0.2) is 11.7 Å². The topological polar surface area (TPSA) is 14.2 Å². The van der Waals surface area contributed by atoms with Crippen molar-refractivity contribution in [1.29, 1.82) is 0 Å². The third-order valence-electron chi connectivity index (χ3n) is 10.2. The van der Waals surface area contributed by atoms with Gasteiger partial charge in [-0.15, -0.1) is 0 Å². The van der Waals surface area contributed by atoms with Crippen LogP contribution >= 0.6 is 0 Å². The minimum Gasteiger partial charge on any atom is -0.497 e. The van der Waals surface area contributed by atoms with E-state index in [0.29, 0.717) is 0 Å². The Kier molecular flexibility index (Phi) is 8.47. The van der Waals surface area contributed by atoms with Gasteiger partial charge in [-0.3, -0.25) is 0 Å². The highest BCUT2D eigenvalue weighted by atomic mass is 16.5. The smallest absolute Gasteiger partial charge is 0.118 e. The number of aromatic nitrogens is 1. The maximum absolute atomic E-state index is 5.40. The van der Waals surface area contributed by atoms with E-state index in [2.05, 4.69) is 199 Å². The minimum absolute atomic E-state index is 0.854. The van der Waals surface area contributed by atoms with E-state index in [1.54, 1.807) is 7.11 Å². The first-order chi connectivity index (χ1) is 26.2. The molecule has 2 heteroatoms. The lowest BCUT2D eigenvalue weighted by Crippen LogP contribution is -1.98. The highest BCUT2D eigenvalue weighted by molar-refractivity contribution is 6.07. The molecule has 1 aromatic heterocycles. The zero-order valence-corrected chi connectivity index (χ0v) is 29.5. The van der Waals surface area contributed by atoms with Gasteiger partial charge in [-0.2, -0.15) is 0 Å². The summed E-state index contributed by atoms with van der Waals surface area (Å²) in [6.45, 7) is 0. The van der Waals surface area contributed by atoms with Crippen LogP contribution in [0.4, 0.5) is 0 Å². The fourth-order valence-electron chi connectivity index (χ4n) is 7.43. The van der Waals surface area contributed by atoms with E-state index in [-0.39, 0.29) is 0 Å². The number of nitrogens with zero attached hydrogens (tertiary/aromatic N) is 1. The van der Waals surface area contributed by atoms with E-state index in [4.69, 9.17) is 4.74 Å². The van der Waals surface area contributed by atoms with E-state index < -0.39 is 0 Å². The van der Waals surface area contributed by atoms with E-state index >= 15 is 0 Å². The molecule has 252 valence electrons. The first-order valence-electron chi connectivity index (χ1n) is 18.0. The van der Waals surface area contributed by atoms with Crippen LogP contribution in [0.15, 0.2) is 206 Å². The van der Waals surface area contributed by atoms with Crippen molar-refractivity contribution in [1.82, 2.24) is 4.57 Å². The molecule has 0 spiro atoms. The Morgan fingerprint density at radius 2 is 0.717 bits per heavy atom. The zero-order chi connectivity index (χ0) is 35.6. The fourth-order valence-corrected chi connectivity index (χ4v) is 7.43. The van der Waals surface area contributed by atoms with Gasteiger partial charge in [0.2, 0.25) is 0 Å². The van der Waals surface area contributed by atoms with Gasteiger partial charge in [0.25, 0.3) is 0 Å². The van der Waals surface area contributed by atoms with Gasteiger partial charge in [0.1, 0.15) is 5.75 Å². The van der Waals surface area contributed by atoms with Crippen LogP contribution in [0.2, 0.25) is 0 Å². The Labute approximate surface area is 310 Å². The van der Waals surface area contributed by atoms with Crippen LogP contribution in [-0.2, 0) is 0 Å². The average Bonchev–Trinajstić information content (AvgIpc) is 3.59. The Balaban J connectivity index is 1.24. The second kappa shape index (κ2) is 14.0. The summed E-state index contributed by atoms with van der Waals surface area (Å²) < 4.78 is 7.84. The van der Waals surface area contributed by atoms with E-state index in [1.807, 2.05) is 12.1 Å². The van der Waals surface area contributed by atoms with Crippen molar-refractivity contribution >= 4 is 10.9 Å². The molecular weight excluding hydrogens is 643 g/mol. The Hall–Kier alpha value is -6.90. The first kappa shape index (κ1) is 32.0. The summed E-state index contributed by atoms with van der Waals surface area (Å²) in [7, 11) is 1.70. The molecule has 9 aromatic rings. The summed E-state index contributed by atoms with van der Waals surface area (Å²) in [6.07, 6.45) is 0. The molecule has 0 radical (unpaired) electrons. The van der Waals surface area contributed by atoms with Crippen LogP contribution < -0.4 is 4.74 Å². The van der Waals surface area contributed by atoms with Gasteiger partial charge in [-0.25, -0.2) is 0 Å². The molecular formula is C51H37NO. The van der Waals surface area contributed by atoms with Crippen LogP contribution in [0.25, 0.3) is 83.5 Å². The number of ether oxygens (including phenoxy) is 1. The van der Waals surface area contributed by atoms with Crippen LogP contribution in [0, 0.1) is 0 Å². The van der Waals surface area contributed by atoms with Crippen LogP contribution in [0.5, 0.6) is 5.75 Å². The van der Waals surface area contributed by atoms with Gasteiger partial charge in [0, 0.05) is 16.6 Å². The SMILES string of the molecule is COc1ccc(-c2ccc(-n3c(-c4ccccc4)c(-c4ccc(-c5ccccc5)cc4)c4cc(-c5ccc(-c6ccccc6)cc5)ccc43)cc2)cc1. The van der Waals surface area contributed by atoms with Gasteiger partial charge in [0.15, 0.2) is 0 Å². The Morgan fingerprint density at radius 1 is 0.340 bits per heavy atom. The van der Waals surface area contributed by atoms with Crippen molar-refractivity contribution < 1.29 is 4.74 Å². The van der Waals surface area contributed by atoms with Crippen molar-refractivity contribution in [3.63, 3.8) is 0 Å². The summed E-state index contributed by atoms with van der Waals surface area (Å²) in [6, 6.07) is 74.0. The molecule has 9 rings (SSSR count). The average molecular weight is 680 g/mol. The Morgan fingerprint density at radius 3 is 1.21 bits per heavy atom.